The molecule has 2 aromatic carbocycles. The van der Waals surface area contributed by atoms with Gasteiger partial charge in [-0.1, -0.05) is 23.7 Å². The smallest absolute Gasteiger partial charge is 0.368 e. The van der Waals surface area contributed by atoms with Crippen molar-refractivity contribution >= 4 is 11.6 Å². The molecule has 0 amide bonds. The molecule has 4 rings (SSSR count). The second-order valence-corrected chi connectivity index (χ2v) is 6.67. The van der Waals surface area contributed by atoms with Crippen molar-refractivity contribution in [2.24, 2.45) is 7.05 Å². The van der Waals surface area contributed by atoms with Crippen LogP contribution in [0.5, 0.6) is 5.88 Å². The molecule has 28 heavy (non-hydrogen) atoms. The summed E-state index contributed by atoms with van der Waals surface area (Å²) < 4.78 is 10.0. The minimum Gasteiger partial charge on any atom is -0.472 e. The number of hydrogen-bond donors (Lipinski definition) is 0. The fourth-order valence-electron chi connectivity index (χ4n) is 2.81. The van der Waals surface area contributed by atoms with Gasteiger partial charge in [0.15, 0.2) is 0 Å². The van der Waals surface area contributed by atoms with Gasteiger partial charge < -0.3 is 4.74 Å². The highest BCUT2D eigenvalue weighted by Gasteiger charge is 2.14. The van der Waals surface area contributed by atoms with Gasteiger partial charge in [0.2, 0.25) is 5.88 Å². The topological polar surface area (TPSA) is 79.8 Å². The second-order valence-electron chi connectivity index (χ2n) is 6.23. The Morgan fingerprint density at radius 3 is 2.57 bits per heavy atom. The van der Waals surface area contributed by atoms with Crippen molar-refractivity contribution in [2.75, 3.05) is 0 Å². The molecule has 2 heterocycles. The predicted molar refractivity (Wildman–Crippen MR) is 104 cm³/mol. The van der Waals surface area contributed by atoms with Crippen molar-refractivity contribution in [1.29, 1.82) is 0 Å². The van der Waals surface area contributed by atoms with Crippen molar-refractivity contribution < 1.29 is 4.74 Å². The van der Waals surface area contributed by atoms with Crippen molar-refractivity contribution in [3.63, 3.8) is 0 Å². The van der Waals surface area contributed by atoms with Gasteiger partial charge in [0.05, 0.1) is 11.4 Å². The summed E-state index contributed by atoms with van der Waals surface area (Å²) in [6, 6.07) is 14.8. The van der Waals surface area contributed by atoms with Crippen LogP contribution in [-0.4, -0.2) is 29.6 Å². The maximum Gasteiger partial charge on any atom is 0.368 e. The van der Waals surface area contributed by atoms with Gasteiger partial charge in [0, 0.05) is 29.9 Å². The fraction of sp³-hybridized carbons (Fsp3) is 0.158. The lowest BCUT2D eigenvalue weighted by molar-refractivity contribution is 0.290. The molecule has 0 aliphatic rings. The molecule has 4 aromatic rings. The zero-order valence-electron chi connectivity index (χ0n) is 15.3. The first kappa shape index (κ1) is 18.0. The zero-order valence-corrected chi connectivity index (χ0v) is 16.0. The molecule has 0 saturated heterocycles. The Labute approximate surface area is 165 Å². The number of halogens is 1. The second kappa shape index (κ2) is 7.32. The Kier molecular flexibility index (Phi) is 4.70. The molecule has 0 unspecified atom stereocenters. The molecule has 0 radical (unpaired) electrons. The van der Waals surface area contributed by atoms with E-state index in [-0.39, 0.29) is 12.3 Å². The molecule has 0 spiro atoms. The summed E-state index contributed by atoms with van der Waals surface area (Å²) in [7, 11) is 1.56. The Bertz CT molecular complexity index is 1180. The summed E-state index contributed by atoms with van der Waals surface area (Å²) in [6.07, 6.45) is 1.81. The van der Waals surface area contributed by atoms with Gasteiger partial charge >= 0.3 is 5.69 Å². The minimum atomic E-state index is -0.320. The van der Waals surface area contributed by atoms with Gasteiger partial charge in [-0.3, -0.25) is 0 Å². The Balaban J connectivity index is 1.58. The number of nitrogens with zero attached hydrogens (tertiary/aromatic N) is 6. The van der Waals surface area contributed by atoms with E-state index >= 15 is 0 Å². The first-order chi connectivity index (χ1) is 13.5. The van der Waals surface area contributed by atoms with Crippen LogP contribution >= 0.6 is 11.6 Å². The number of rotatable bonds is 5. The van der Waals surface area contributed by atoms with Crippen LogP contribution in [-0.2, 0) is 13.7 Å². The van der Waals surface area contributed by atoms with Crippen molar-refractivity contribution in [1.82, 2.24) is 29.6 Å². The summed E-state index contributed by atoms with van der Waals surface area (Å²) in [5.74, 6) is 0.468. The van der Waals surface area contributed by atoms with E-state index in [1.54, 1.807) is 29.9 Å². The van der Waals surface area contributed by atoms with Crippen LogP contribution in [0.15, 0.2) is 59.5 Å². The highest BCUT2D eigenvalue weighted by Crippen LogP contribution is 2.20. The summed E-state index contributed by atoms with van der Waals surface area (Å²) in [4.78, 5) is 12.2. The lowest BCUT2D eigenvalue weighted by atomic mass is 10.1. The Morgan fingerprint density at radius 1 is 1.07 bits per heavy atom. The van der Waals surface area contributed by atoms with E-state index in [1.165, 1.54) is 9.36 Å². The van der Waals surface area contributed by atoms with Gasteiger partial charge in [0.1, 0.15) is 6.61 Å². The number of aromatic nitrogens is 6. The van der Waals surface area contributed by atoms with Crippen LogP contribution in [0.25, 0.3) is 11.4 Å². The molecule has 9 heteroatoms. The van der Waals surface area contributed by atoms with Gasteiger partial charge in [-0.15, -0.1) is 5.10 Å². The lowest BCUT2D eigenvalue weighted by Crippen LogP contribution is -2.23. The lowest BCUT2D eigenvalue weighted by Gasteiger charge is -2.11. The van der Waals surface area contributed by atoms with Crippen LogP contribution in [0.1, 0.15) is 11.1 Å². The quantitative estimate of drug-likeness (QED) is 0.518. The molecule has 2 aromatic heterocycles. The first-order valence-electron chi connectivity index (χ1n) is 8.55. The molecule has 0 aliphatic carbocycles. The number of hydrogen-bond acceptors (Lipinski definition) is 5. The van der Waals surface area contributed by atoms with Gasteiger partial charge in [0.25, 0.3) is 0 Å². The van der Waals surface area contributed by atoms with Crippen LogP contribution in [0, 0.1) is 6.92 Å². The van der Waals surface area contributed by atoms with E-state index in [0.29, 0.717) is 16.6 Å². The average molecular weight is 397 g/mol. The maximum absolute atomic E-state index is 12.2. The highest BCUT2D eigenvalue weighted by molar-refractivity contribution is 6.30. The molecule has 0 N–H and O–H groups in total. The number of tetrazole rings is 1. The molecule has 0 saturated carbocycles. The monoisotopic (exact) mass is 396 g/mol. The molecule has 0 atom stereocenters. The van der Waals surface area contributed by atoms with E-state index in [1.807, 2.05) is 43.5 Å². The van der Waals surface area contributed by atoms with Gasteiger partial charge in [-0.2, -0.15) is 9.36 Å². The SMILES string of the molecule is Cc1cccc(-n2nnn(C)c2=O)c1COc1ccn(-c2ccc(Cl)cc2)n1. The summed E-state index contributed by atoms with van der Waals surface area (Å²) in [5.41, 5.74) is 3.01. The number of aryl methyl sites for hydroxylation is 2. The zero-order chi connectivity index (χ0) is 19.7. The standard InChI is InChI=1S/C19H17ClN6O2/c1-13-4-3-5-17(26-19(27)24(2)22-23-26)16(13)12-28-18-10-11-25(21-18)15-8-6-14(20)7-9-15/h3-11H,12H2,1-2H3. The van der Waals surface area contributed by atoms with Gasteiger partial charge in [-0.05, 0) is 53.2 Å². The third kappa shape index (κ3) is 3.41. The van der Waals surface area contributed by atoms with E-state index in [9.17, 15) is 4.79 Å². The van der Waals surface area contributed by atoms with Crippen molar-refractivity contribution in [3.8, 4) is 17.3 Å². The summed E-state index contributed by atoms with van der Waals surface area (Å²) >= 11 is 5.93. The average Bonchev–Trinajstić information content (AvgIpc) is 3.29. The molecule has 142 valence electrons. The van der Waals surface area contributed by atoms with Crippen molar-refractivity contribution in [3.05, 3.63) is 81.4 Å². The number of benzene rings is 2. The first-order valence-corrected chi connectivity index (χ1v) is 8.93. The maximum atomic E-state index is 12.2. The minimum absolute atomic E-state index is 0.239. The Morgan fingerprint density at radius 2 is 1.86 bits per heavy atom. The highest BCUT2D eigenvalue weighted by atomic mass is 35.5. The summed E-state index contributed by atoms with van der Waals surface area (Å²) in [5, 5.41) is 12.8. The Hall–Kier alpha value is -3.39. The van der Waals surface area contributed by atoms with Crippen LogP contribution < -0.4 is 10.4 Å². The predicted octanol–water partition coefficient (Wildman–Crippen LogP) is 2.69. The van der Waals surface area contributed by atoms with Crippen LogP contribution in [0.3, 0.4) is 0 Å². The third-order valence-corrected chi connectivity index (χ3v) is 4.61. The van der Waals surface area contributed by atoms with Crippen LogP contribution in [0.2, 0.25) is 5.02 Å². The normalized spacial score (nSPS) is 11.0. The third-order valence-electron chi connectivity index (χ3n) is 4.36. The fourth-order valence-corrected chi connectivity index (χ4v) is 2.93. The van der Waals surface area contributed by atoms with Gasteiger partial charge in [-0.25, -0.2) is 9.48 Å². The largest absolute Gasteiger partial charge is 0.472 e. The van der Waals surface area contributed by atoms with E-state index < -0.39 is 0 Å². The van der Waals surface area contributed by atoms with Crippen molar-refractivity contribution in [2.45, 2.75) is 13.5 Å². The number of ether oxygens (including phenoxy) is 1. The molecular weight excluding hydrogens is 380 g/mol. The molecule has 0 fully saturated rings. The molecule has 0 bridgehead atoms. The summed E-state index contributed by atoms with van der Waals surface area (Å²) in [6.45, 7) is 2.19. The molecule has 0 aliphatic heterocycles. The molecular formula is C19H17ClN6O2. The van der Waals surface area contributed by atoms with Crippen LogP contribution in [0.4, 0.5) is 0 Å². The molecule has 8 nitrogen and oxygen atoms in total. The van der Waals surface area contributed by atoms with E-state index in [0.717, 1.165) is 16.8 Å². The van der Waals surface area contributed by atoms with E-state index in [4.69, 9.17) is 16.3 Å². The van der Waals surface area contributed by atoms with E-state index in [2.05, 4.69) is 15.5 Å².